The van der Waals surface area contributed by atoms with E-state index in [1.807, 2.05) is 26.8 Å². The Morgan fingerprint density at radius 3 is 2.36 bits per heavy atom. The van der Waals surface area contributed by atoms with Crippen molar-refractivity contribution in [2.45, 2.75) is 26.3 Å². The van der Waals surface area contributed by atoms with Crippen LogP contribution < -0.4 is 5.73 Å². The van der Waals surface area contributed by atoms with E-state index in [0.717, 1.165) is 11.4 Å². The van der Waals surface area contributed by atoms with E-state index in [4.69, 9.17) is 5.73 Å². The molecular formula is C8H13N3. The molecule has 0 atom stereocenters. The Balaban J connectivity index is 3.06. The highest BCUT2D eigenvalue weighted by Gasteiger charge is 2.15. The third kappa shape index (κ3) is 1.98. The number of hydrogen-bond acceptors (Lipinski definition) is 3. The van der Waals surface area contributed by atoms with Crippen molar-refractivity contribution in [3.8, 4) is 0 Å². The van der Waals surface area contributed by atoms with Crippen LogP contribution in [0.3, 0.4) is 0 Å². The van der Waals surface area contributed by atoms with Crippen LogP contribution in [0.25, 0.3) is 0 Å². The second-order valence-corrected chi connectivity index (χ2v) is 3.27. The van der Waals surface area contributed by atoms with Crippen molar-refractivity contribution < 1.29 is 0 Å². The van der Waals surface area contributed by atoms with E-state index in [2.05, 4.69) is 9.97 Å². The molecule has 3 nitrogen and oxygen atoms in total. The quantitative estimate of drug-likeness (QED) is 0.651. The molecular weight excluding hydrogens is 138 g/mol. The van der Waals surface area contributed by atoms with Crippen LogP contribution in [-0.4, -0.2) is 9.97 Å². The van der Waals surface area contributed by atoms with E-state index in [0.29, 0.717) is 0 Å². The number of aromatic nitrogens is 2. The summed E-state index contributed by atoms with van der Waals surface area (Å²) in [5.74, 6) is 0. The Morgan fingerprint density at radius 2 is 2.00 bits per heavy atom. The van der Waals surface area contributed by atoms with Crippen molar-refractivity contribution in [3.63, 3.8) is 0 Å². The van der Waals surface area contributed by atoms with Crippen molar-refractivity contribution in [2.75, 3.05) is 0 Å². The Labute approximate surface area is 66.7 Å². The molecule has 1 aromatic heterocycles. The van der Waals surface area contributed by atoms with Gasteiger partial charge in [0.25, 0.3) is 0 Å². The summed E-state index contributed by atoms with van der Waals surface area (Å²) in [6.45, 7) is 5.78. The molecule has 60 valence electrons. The summed E-state index contributed by atoms with van der Waals surface area (Å²) in [5.41, 5.74) is 7.30. The van der Waals surface area contributed by atoms with Crippen LogP contribution in [-0.2, 0) is 5.54 Å². The molecule has 11 heavy (non-hydrogen) atoms. The van der Waals surface area contributed by atoms with Crippen molar-refractivity contribution in [2.24, 2.45) is 5.73 Å². The molecule has 0 unspecified atom stereocenters. The fraction of sp³-hybridized carbons (Fsp3) is 0.500. The molecule has 0 saturated heterocycles. The van der Waals surface area contributed by atoms with E-state index in [1.54, 1.807) is 6.33 Å². The SMILES string of the molecule is Cc1cc(C(C)(C)N)ncn1. The van der Waals surface area contributed by atoms with Crippen LogP contribution in [0.15, 0.2) is 12.4 Å². The predicted octanol–water partition coefficient (Wildman–Crippen LogP) is 0.979. The fourth-order valence-electron chi connectivity index (χ4n) is 0.807. The van der Waals surface area contributed by atoms with E-state index < -0.39 is 0 Å². The molecule has 0 amide bonds. The van der Waals surface area contributed by atoms with E-state index in [-0.39, 0.29) is 5.54 Å². The average molecular weight is 151 g/mol. The summed E-state index contributed by atoms with van der Waals surface area (Å²) in [5, 5.41) is 0. The summed E-state index contributed by atoms with van der Waals surface area (Å²) < 4.78 is 0. The number of aryl methyl sites for hydroxylation is 1. The monoisotopic (exact) mass is 151 g/mol. The first-order valence-corrected chi connectivity index (χ1v) is 3.58. The van der Waals surface area contributed by atoms with Gasteiger partial charge in [0.05, 0.1) is 11.2 Å². The number of hydrogen-bond donors (Lipinski definition) is 1. The minimum Gasteiger partial charge on any atom is -0.321 e. The first kappa shape index (κ1) is 8.14. The molecule has 0 saturated carbocycles. The minimum absolute atomic E-state index is 0.367. The molecule has 3 heteroatoms. The van der Waals surface area contributed by atoms with Gasteiger partial charge in [0.2, 0.25) is 0 Å². The Kier molecular flexibility index (Phi) is 1.91. The molecule has 0 fully saturated rings. The highest BCUT2D eigenvalue weighted by atomic mass is 14.9. The van der Waals surface area contributed by atoms with Crippen LogP contribution in [0.1, 0.15) is 25.2 Å². The van der Waals surface area contributed by atoms with Gasteiger partial charge in [-0.25, -0.2) is 9.97 Å². The lowest BCUT2D eigenvalue weighted by Gasteiger charge is -2.17. The lowest BCUT2D eigenvalue weighted by molar-refractivity contribution is 0.532. The normalized spacial score (nSPS) is 11.6. The van der Waals surface area contributed by atoms with Crippen molar-refractivity contribution in [3.05, 3.63) is 23.8 Å². The average Bonchev–Trinajstić information content (AvgIpc) is 1.86. The lowest BCUT2D eigenvalue weighted by atomic mass is 10.0. The standard InChI is InChI=1S/C8H13N3/c1-6-4-7(8(2,3)9)11-5-10-6/h4-5H,9H2,1-3H3. The van der Waals surface area contributed by atoms with E-state index in [9.17, 15) is 0 Å². The Morgan fingerprint density at radius 1 is 1.36 bits per heavy atom. The number of nitrogens with two attached hydrogens (primary N) is 1. The highest BCUT2D eigenvalue weighted by Crippen LogP contribution is 2.12. The minimum atomic E-state index is -0.367. The lowest BCUT2D eigenvalue weighted by Crippen LogP contribution is -2.30. The van der Waals surface area contributed by atoms with Gasteiger partial charge in [0.1, 0.15) is 6.33 Å². The van der Waals surface area contributed by atoms with Gasteiger partial charge < -0.3 is 5.73 Å². The van der Waals surface area contributed by atoms with E-state index in [1.165, 1.54) is 0 Å². The second-order valence-electron chi connectivity index (χ2n) is 3.27. The van der Waals surface area contributed by atoms with Crippen LogP contribution in [0.2, 0.25) is 0 Å². The zero-order valence-corrected chi connectivity index (χ0v) is 7.13. The maximum absolute atomic E-state index is 5.84. The number of nitrogens with zero attached hydrogens (tertiary/aromatic N) is 2. The third-order valence-electron chi connectivity index (χ3n) is 1.46. The molecule has 0 aliphatic rings. The van der Waals surface area contributed by atoms with Gasteiger partial charge in [-0.05, 0) is 26.8 Å². The molecule has 0 radical (unpaired) electrons. The molecule has 2 N–H and O–H groups in total. The molecule has 0 spiro atoms. The zero-order valence-electron chi connectivity index (χ0n) is 7.13. The molecule has 1 aromatic rings. The van der Waals surface area contributed by atoms with Crippen LogP contribution in [0, 0.1) is 6.92 Å². The molecule has 0 aromatic carbocycles. The summed E-state index contributed by atoms with van der Waals surface area (Å²) in [6, 6.07) is 1.90. The Hall–Kier alpha value is -0.960. The second kappa shape index (κ2) is 2.58. The molecule has 0 aliphatic heterocycles. The molecule has 1 heterocycles. The topological polar surface area (TPSA) is 51.8 Å². The van der Waals surface area contributed by atoms with Gasteiger partial charge in [-0.2, -0.15) is 0 Å². The fourth-order valence-corrected chi connectivity index (χ4v) is 0.807. The predicted molar refractivity (Wildman–Crippen MR) is 44.0 cm³/mol. The van der Waals surface area contributed by atoms with Crippen molar-refractivity contribution in [1.82, 2.24) is 9.97 Å². The highest BCUT2D eigenvalue weighted by molar-refractivity contribution is 5.13. The van der Waals surface area contributed by atoms with Gasteiger partial charge in [-0.15, -0.1) is 0 Å². The van der Waals surface area contributed by atoms with Crippen LogP contribution in [0.5, 0.6) is 0 Å². The molecule has 1 rings (SSSR count). The Bertz CT molecular complexity index is 250. The molecule has 0 bridgehead atoms. The summed E-state index contributed by atoms with van der Waals surface area (Å²) in [6.07, 6.45) is 1.54. The van der Waals surface area contributed by atoms with Crippen molar-refractivity contribution >= 4 is 0 Å². The van der Waals surface area contributed by atoms with Crippen LogP contribution >= 0.6 is 0 Å². The van der Waals surface area contributed by atoms with Gasteiger partial charge >= 0.3 is 0 Å². The smallest absolute Gasteiger partial charge is 0.115 e. The maximum atomic E-state index is 5.84. The first-order chi connectivity index (χ1) is 5.00. The van der Waals surface area contributed by atoms with Crippen molar-refractivity contribution in [1.29, 1.82) is 0 Å². The van der Waals surface area contributed by atoms with Crippen LogP contribution in [0.4, 0.5) is 0 Å². The van der Waals surface area contributed by atoms with Gasteiger partial charge in [0.15, 0.2) is 0 Å². The van der Waals surface area contributed by atoms with E-state index >= 15 is 0 Å². The molecule has 0 aliphatic carbocycles. The largest absolute Gasteiger partial charge is 0.321 e. The maximum Gasteiger partial charge on any atom is 0.115 e. The first-order valence-electron chi connectivity index (χ1n) is 3.58. The zero-order chi connectivity index (χ0) is 8.48. The third-order valence-corrected chi connectivity index (χ3v) is 1.46. The summed E-state index contributed by atoms with van der Waals surface area (Å²) in [4.78, 5) is 8.06. The summed E-state index contributed by atoms with van der Waals surface area (Å²) >= 11 is 0. The van der Waals surface area contributed by atoms with Gasteiger partial charge in [-0.1, -0.05) is 0 Å². The number of rotatable bonds is 1. The van der Waals surface area contributed by atoms with Gasteiger partial charge in [-0.3, -0.25) is 0 Å². The van der Waals surface area contributed by atoms with Gasteiger partial charge in [0, 0.05) is 5.69 Å². The summed E-state index contributed by atoms with van der Waals surface area (Å²) in [7, 11) is 0.